The van der Waals surface area contributed by atoms with Crippen molar-refractivity contribution >= 4 is 0 Å². The molecule has 1 aliphatic carbocycles. The minimum absolute atomic E-state index is 0. The van der Waals surface area contributed by atoms with Gasteiger partial charge in [0.25, 0.3) is 0 Å². The molecule has 0 aliphatic heterocycles. The molecule has 0 N–H and O–H groups in total. The molecule has 0 amide bonds. The largest absolute Gasteiger partial charge is 4.00 e. The Labute approximate surface area is 98.3 Å². The van der Waals surface area contributed by atoms with Gasteiger partial charge in [-0.3, -0.25) is 6.08 Å². The van der Waals surface area contributed by atoms with Gasteiger partial charge in [-0.05, 0) is 0 Å². The van der Waals surface area contributed by atoms with Crippen LogP contribution in [0.4, 0.5) is 0 Å². The predicted molar refractivity (Wildman–Crippen MR) is 54.7 cm³/mol. The fourth-order valence-corrected chi connectivity index (χ4v) is 0.340. The van der Waals surface area contributed by atoms with Gasteiger partial charge >= 0.3 is 26.2 Å². The molecule has 0 saturated carbocycles. The maximum atomic E-state index is 3.25. The molecule has 0 aromatic heterocycles. The summed E-state index contributed by atoms with van der Waals surface area (Å²) < 4.78 is 0. The monoisotopic (exact) mass is 242 g/mol. The minimum Gasteiger partial charge on any atom is -0.346 e. The summed E-state index contributed by atoms with van der Waals surface area (Å²) >= 11 is 0. The van der Waals surface area contributed by atoms with Crippen molar-refractivity contribution in [1.82, 2.24) is 0 Å². The van der Waals surface area contributed by atoms with Gasteiger partial charge < -0.3 is 20.8 Å². The number of hydrogen-bond acceptors (Lipinski definition) is 0. The molecule has 0 radical (unpaired) electrons. The summed E-state index contributed by atoms with van der Waals surface area (Å²) in [6.45, 7) is 15.0. The topological polar surface area (TPSA) is 0 Å². The molecule has 0 aromatic rings. The molecule has 0 fully saturated rings. The Hall–Kier alpha value is 0.363. The molecule has 0 unspecified atom stereocenters. The molecule has 0 aromatic carbocycles. The van der Waals surface area contributed by atoms with Crippen molar-refractivity contribution in [2.24, 2.45) is 0 Å². The van der Waals surface area contributed by atoms with Crippen LogP contribution in [0.3, 0.4) is 0 Å². The van der Waals surface area contributed by atoms with Gasteiger partial charge in [-0.15, -0.1) is 6.42 Å². The Morgan fingerprint density at radius 3 is 1.50 bits per heavy atom. The summed E-state index contributed by atoms with van der Waals surface area (Å²) in [4.78, 5) is 0. The second-order valence-corrected chi connectivity index (χ2v) is 1.00. The second-order valence-electron chi connectivity index (χ2n) is 1.00. The van der Waals surface area contributed by atoms with Gasteiger partial charge in [-0.25, -0.2) is 12.2 Å². The molecule has 0 spiro atoms. The molecule has 12 heavy (non-hydrogen) atoms. The van der Waals surface area contributed by atoms with Crippen LogP contribution in [-0.4, -0.2) is 0 Å². The average Bonchev–Trinajstić information content (AvgIpc) is 2.71. The van der Waals surface area contributed by atoms with Crippen LogP contribution in [0.25, 0.3) is 0 Å². The Kier molecular flexibility index (Phi) is 80.7. The summed E-state index contributed by atoms with van der Waals surface area (Å²) in [5.74, 6) is 0. The SMILES string of the molecule is [C-]1=CC=CC1.[CH2-]C.[CH2-]C.[CH2-]C.[Zr+4]. The second kappa shape index (κ2) is 42.4. The summed E-state index contributed by atoms with van der Waals surface area (Å²) in [5.41, 5.74) is 0. The maximum Gasteiger partial charge on any atom is 4.00 e. The molecule has 1 heteroatoms. The van der Waals surface area contributed by atoms with Crippen LogP contribution in [0.5, 0.6) is 0 Å². The van der Waals surface area contributed by atoms with Crippen LogP contribution in [-0.2, 0) is 26.2 Å². The van der Waals surface area contributed by atoms with Crippen molar-refractivity contribution in [1.29, 1.82) is 0 Å². The van der Waals surface area contributed by atoms with Crippen LogP contribution >= 0.6 is 0 Å². The van der Waals surface area contributed by atoms with E-state index in [0.717, 1.165) is 6.42 Å². The molecule has 0 atom stereocenters. The zero-order valence-electron chi connectivity index (χ0n) is 8.56. The Morgan fingerprint density at radius 2 is 1.42 bits per heavy atom. The predicted octanol–water partition coefficient (Wildman–Crippen LogP) is 3.82. The summed E-state index contributed by atoms with van der Waals surface area (Å²) in [7, 11) is 0. The van der Waals surface area contributed by atoms with Crippen LogP contribution in [0.15, 0.2) is 18.2 Å². The van der Waals surface area contributed by atoms with Crippen molar-refractivity contribution < 1.29 is 26.2 Å². The molecular weight excluding hydrogens is 223 g/mol. The van der Waals surface area contributed by atoms with Crippen molar-refractivity contribution in [3.63, 3.8) is 0 Å². The van der Waals surface area contributed by atoms with Gasteiger partial charge in [0.2, 0.25) is 0 Å². The first-order chi connectivity index (χ1) is 5.50. The summed E-state index contributed by atoms with van der Waals surface area (Å²) in [6.07, 6.45) is 10.0. The molecule has 1 aliphatic rings. The first-order valence-electron chi connectivity index (χ1n) is 3.84. The van der Waals surface area contributed by atoms with Crippen LogP contribution < -0.4 is 0 Å². The van der Waals surface area contributed by atoms with E-state index in [9.17, 15) is 0 Å². The van der Waals surface area contributed by atoms with Crippen LogP contribution in [0, 0.1) is 26.8 Å². The number of rotatable bonds is 0. The third-order valence-electron chi connectivity index (χ3n) is 0.586. The van der Waals surface area contributed by atoms with E-state index in [2.05, 4.69) is 32.9 Å². The third kappa shape index (κ3) is 31.6. The Morgan fingerprint density at radius 1 is 1.00 bits per heavy atom. The zero-order chi connectivity index (χ0) is 9.54. The molecule has 0 saturated heterocycles. The van der Waals surface area contributed by atoms with Crippen molar-refractivity contribution in [3.05, 3.63) is 45.1 Å². The van der Waals surface area contributed by atoms with Crippen molar-refractivity contribution in [2.75, 3.05) is 0 Å². The molecule has 1 rings (SSSR count). The Balaban J connectivity index is -0.0000000406. The van der Waals surface area contributed by atoms with E-state index < -0.39 is 0 Å². The van der Waals surface area contributed by atoms with Crippen LogP contribution in [0.2, 0.25) is 0 Å². The fraction of sp³-hybridized carbons (Fsp3) is 0.364. The number of allylic oxidation sites excluding steroid dienone is 4. The third-order valence-corrected chi connectivity index (χ3v) is 0.586. The van der Waals surface area contributed by atoms with Crippen molar-refractivity contribution in [3.8, 4) is 0 Å². The maximum absolute atomic E-state index is 3.25. The average molecular weight is 244 g/mol. The van der Waals surface area contributed by atoms with E-state index in [1.165, 1.54) is 0 Å². The minimum atomic E-state index is 0. The standard InChI is InChI=1S/C5H5.3C2H5.Zr/c1-2-4-5-3-1;3*1-2;/h1-3H,4H2;3*1H2,2H3;/q4*-1;+4. The summed E-state index contributed by atoms with van der Waals surface area (Å²) in [5, 5.41) is 0. The zero-order valence-corrected chi connectivity index (χ0v) is 11.0. The van der Waals surface area contributed by atoms with Gasteiger partial charge in [-0.2, -0.15) is 26.8 Å². The van der Waals surface area contributed by atoms with Gasteiger partial charge in [0.1, 0.15) is 0 Å². The van der Waals surface area contributed by atoms with Gasteiger partial charge in [0.05, 0.1) is 0 Å². The molecule has 0 nitrogen and oxygen atoms in total. The van der Waals surface area contributed by atoms with E-state index in [-0.39, 0.29) is 26.2 Å². The van der Waals surface area contributed by atoms with E-state index >= 15 is 0 Å². The first-order valence-corrected chi connectivity index (χ1v) is 3.84. The fourth-order valence-electron chi connectivity index (χ4n) is 0.340. The van der Waals surface area contributed by atoms with E-state index in [4.69, 9.17) is 0 Å². The van der Waals surface area contributed by atoms with Gasteiger partial charge in [0, 0.05) is 0 Å². The Bertz CT molecular complexity index is 63.1. The first kappa shape index (κ1) is 22.8. The molecular formula is C11H20Zr. The van der Waals surface area contributed by atoms with Gasteiger partial charge in [-0.1, -0.05) is 0 Å². The molecule has 0 heterocycles. The quantitative estimate of drug-likeness (QED) is 0.567. The molecule has 68 valence electrons. The molecule has 0 bridgehead atoms. The van der Waals surface area contributed by atoms with E-state index in [0.29, 0.717) is 0 Å². The van der Waals surface area contributed by atoms with Crippen LogP contribution in [0.1, 0.15) is 27.2 Å². The van der Waals surface area contributed by atoms with E-state index in [1.807, 2.05) is 12.2 Å². The number of hydrogen-bond donors (Lipinski definition) is 0. The normalized spacial score (nSPS) is 8.83. The summed E-state index contributed by atoms with van der Waals surface area (Å²) in [6, 6.07) is 0. The van der Waals surface area contributed by atoms with Gasteiger partial charge in [0.15, 0.2) is 0 Å². The smallest absolute Gasteiger partial charge is 0.346 e. The van der Waals surface area contributed by atoms with E-state index in [1.54, 1.807) is 20.8 Å². The van der Waals surface area contributed by atoms with Crippen molar-refractivity contribution in [2.45, 2.75) is 27.2 Å².